The highest BCUT2D eigenvalue weighted by Gasteiger charge is 2.19. The summed E-state index contributed by atoms with van der Waals surface area (Å²) in [5.74, 6) is 4.11. The van der Waals surface area contributed by atoms with Crippen molar-refractivity contribution >= 4 is 28.9 Å². The smallest absolute Gasteiger partial charge is 0.136 e. The van der Waals surface area contributed by atoms with Gasteiger partial charge in [0.2, 0.25) is 0 Å². The van der Waals surface area contributed by atoms with E-state index in [9.17, 15) is 0 Å². The van der Waals surface area contributed by atoms with Crippen LogP contribution in [0.1, 0.15) is 11.4 Å². The molecular formula is C29H30ClN5O. The van der Waals surface area contributed by atoms with Crippen LogP contribution in [0.4, 0.5) is 17.3 Å². The predicted molar refractivity (Wildman–Crippen MR) is 147 cm³/mol. The molecular weight excluding hydrogens is 470 g/mol. The number of ether oxygens (including phenoxy) is 1. The van der Waals surface area contributed by atoms with Gasteiger partial charge in [-0.25, -0.2) is 9.97 Å². The zero-order valence-corrected chi connectivity index (χ0v) is 21.2. The Hall–Kier alpha value is -3.61. The summed E-state index contributed by atoms with van der Waals surface area (Å²) < 4.78 is 5.89. The first-order chi connectivity index (χ1) is 17.6. The molecule has 0 radical (unpaired) electrons. The molecule has 0 amide bonds. The van der Waals surface area contributed by atoms with Gasteiger partial charge < -0.3 is 15.0 Å². The zero-order chi connectivity index (χ0) is 24.7. The largest absolute Gasteiger partial charge is 0.457 e. The first kappa shape index (κ1) is 24.1. The molecule has 0 unspecified atom stereocenters. The molecule has 5 rings (SSSR count). The van der Waals surface area contributed by atoms with Gasteiger partial charge in [-0.1, -0.05) is 41.9 Å². The molecule has 0 aliphatic carbocycles. The molecule has 1 N–H and O–H groups in total. The first-order valence-electron chi connectivity index (χ1n) is 12.3. The Labute approximate surface area is 217 Å². The summed E-state index contributed by atoms with van der Waals surface area (Å²) in [7, 11) is 0. The number of nitrogens with one attached hydrogen (secondary N) is 1. The third-order valence-electron chi connectivity index (χ3n) is 6.23. The SMILES string of the molecule is Cc1nc(Nc2ccc(Oc3ccccc3)cc2)cc(N2CCN(CCc3cccc(Cl)c3)CC2)n1. The van der Waals surface area contributed by atoms with Gasteiger partial charge in [0.1, 0.15) is 29.0 Å². The van der Waals surface area contributed by atoms with E-state index in [4.69, 9.17) is 21.3 Å². The van der Waals surface area contributed by atoms with Gasteiger partial charge in [0.25, 0.3) is 0 Å². The van der Waals surface area contributed by atoms with Gasteiger partial charge in [0, 0.05) is 49.5 Å². The van der Waals surface area contributed by atoms with E-state index >= 15 is 0 Å². The van der Waals surface area contributed by atoms with E-state index in [1.807, 2.05) is 79.7 Å². The predicted octanol–water partition coefficient (Wildman–Crippen LogP) is 6.34. The molecule has 1 aromatic heterocycles. The number of hydrogen-bond acceptors (Lipinski definition) is 6. The second-order valence-corrected chi connectivity index (χ2v) is 9.37. The maximum absolute atomic E-state index is 6.12. The Balaban J connectivity index is 1.16. The van der Waals surface area contributed by atoms with Crippen LogP contribution in [0.3, 0.4) is 0 Å². The van der Waals surface area contributed by atoms with Crippen molar-refractivity contribution in [3.8, 4) is 11.5 Å². The zero-order valence-electron chi connectivity index (χ0n) is 20.4. The van der Waals surface area contributed by atoms with Crippen molar-refractivity contribution in [1.29, 1.82) is 0 Å². The Morgan fingerprint density at radius 2 is 1.58 bits per heavy atom. The van der Waals surface area contributed by atoms with Gasteiger partial charge in [-0.15, -0.1) is 0 Å². The van der Waals surface area contributed by atoms with Gasteiger partial charge in [-0.05, 0) is 67.4 Å². The number of aromatic nitrogens is 2. The van der Waals surface area contributed by atoms with Gasteiger partial charge in [0.15, 0.2) is 0 Å². The third kappa shape index (κ3) is 6.53. The lowest BCUT2D eigenvalue weighted by Crippen LogP contribution is -2.47. The monoisotopic (exact) mass is 499 g/mol. The Kier molecular flexibility index (Phi) is 7.64. The van der Waals surface area contributed by atoms with Crippen LogP contribution < -0.4 is 15.0 Å². The highest BCUT2D eigenvalue weighted by Crippen LogP contribution is 2.25. The normalized spacial score (nSPS) is 14.0. The topological polar surface area (TPSA) is 53.5 Å². The van der Waals surface area contributed by atoms with Crippen LogP contribution in [0, 0.1) is 6.92 Å². The molecule has 1 fully saturated rings. The fourth-order valence-electron chi connectivity index (χ4n) is 4.34. The summed E-state index contributed by atoms with van der Waals surface area (Å²) in [4.78, 5) is 14.2. The fourth-order valence-corrected chi connectivity index (χ4v) is 4.55. The Morgan fingerprint density at radius 3 is 2.33 bits per heavy atom. The van der Waals surface area contributed by atoms with Crippen molar-refractivity contribution in [2.24, 2.45) is 0 Å². The number of piperazine rings is 1. The van der Waals surface area contributed by atoms with E-state index in [2.05, 4.69) is 32.2 Å². The number of nitrogens with zero attached hydrogens (tertiary/aromatic N) is 4. The number of para-hydroxylation sites is 1. The summed E-state index contributed by atoms with van der Waals surface area (Å²) in [6.07, 6.45) is 1.01. The van der Waals surface area contributed by atoms with Crippen molar-refractivity contribution in [3.63, 3.8) is 0 Å². The molecule has 1 aliphatic heterocycles. The number of halogens is 1. The molecule has 0 bridgehead atoms. The van der Waals surface area contributed by atoms with Crippen LogP contribution in [0.2, 0.25) is 5.02 Å². The molecule has 4 aromatic rings. The second kappa shape index (κ2) is 11.4. The summed E-state index contributed by atoms with van der Waals surface area (Å²) in [6, 6.07) is 27.8. The summed E-state index contributed by atoms with van der Waals surface area (Å²) in [5, 5.41) is 4.22. The standard InChI is InChI=1S/C29H30ClN5O/c1-22-31-28(33-25-10-12-27(13-11-25)36-26-8-3-2-4-9-26)21-29(32-22)35-18-16-34(17-19-35)15-14-23-6-5-7-24(30)20-23/h2-13,20-21H,14-19H2,1H3,(H,31,32,33). The molecule has 1 aliphatic rings. The van der Waals surface area contributed by atoms with Gasteiger partial charge in [-0.3, -0.25) is 4.90 Å². The van der Waals surface area contributed by atoms with E-state index < -0.39 is 0 Å². The number of benzene rings is 3. The van der Waals surface area contributed by atoms with Gasteiger partial charge in [0.05, 0.1) is 0 Å². The minimum atomic E-state index is 0.752. The van der Waals surface area contributed by atoms with Crippen LogP contribution in [-0.2, 0) is 6.42 Å². The summed E-state index contributed by atoms with van der Waals surface area (Å²) in [6.45, 7) is 6.87. The highest BCUT2D eigenvalue weighted by molar-refractivity contribution is 6.30. The highest BCUT2D eigenvalue weighted by atomic mass is 35.5. The minimum absolute atomic E-state index is 0.752. The molecule has 7 heteroatoms. The van der Waals surface area contributed by atoms with Crippen molar-refractivity contribution < 1.29 is 4.74 Å². The number of rotatable bonds is 8. The van der Waals surface area contributed by atoms with E-state index in [-0.39, 0.29) is 0 Å². The second-order valence-electron chi connectivity index (χ2n) is 8.93. The average Bonchev–Trinajstić information content (AvgIpc) is 2.89. The van der Waals surface area contributed by atoms with Crippen LogP contribution in [-0.4, -0.2) is 47.6 Å². The van der Waals surface area contributed by atoms with Crippen molar-refractivity contribution in [2.75, 3.05) is 42.9 Å². The van der Waals surface area contributed by atoms with Gasteiger partial charge >= 0.3 is 0 Å². The quantitative estimate of drug-likeness (QED) is 0.305. The van der Waals surface area contributed by atoms with E-state index in [1.54, 1.807) is 0 Å². The maximum atomic E-state index is 6.12. The first-order valence-corrected chi connectivity index (χ1v) is 12.7. The molecule has 6 nitrogen and oxygen atoms in total. The molecule has 184 valence electrons. The molecule has 1 saturated heterocycles. The minimum Gasteiger partial charge on any atom is -0.457 e. The van der Waals surface area contributed by atoms with Crippen LogP contribution >= 0.6 is 11.6 Å². The van der Waals surface area contributed by atoms with E-state index in [0.717, 1.165) is 78.8 Å². The molecule has 0 spiro atoms. The fraction of sp³-hybridized carbons (Fsp3) is 0.241. The van der Waals surface area contributed by atoms with E-state index in [0.29, 0.717) is 0 Å². The molecule has 0 atom stereocenters. The number of aryl methyl sites for hydroxylation is 1. The Morgan fingerprint density at radius 1 is 0.833 bits per heavy atom. The van der Waals surface area contributed by atoms with Crippen LogP contribution in [0.5, 0.6) is 11.5 Å². The molecule has 3 aromatic carbocycles. The van der Waals surface area contributed by atoms with Gasteiger partial charge in [-0.2, -0.15) is 0 Å². The average molecular weight is 500 g/mol. The summed E-state index contributed by atoms with van der Waals surface area (Å²) >= 11 is 6.12. The van der Waals surface area contributed by atoms with Crippen molar-refractivity contribution in [2.45, 2.75) is 13.3 Å². The van der Waals surface area contributed by atoms with Crippen molar-refractivity contribution in [1.82, 2.24) is 14.9 Å². The van der Waals surface area contributed by atoms with Crippen molar-refractivity contribution in [3.05, 3.63) is 101 Å². The third-order valence-corrected chi connectivity index (χ3v) is 6.47. The van der Waals surface area contributed by atoms with Crippen LogP contribution in [0.15, 0.2) is 84.9 Å². The maximum Gasteiger partial charge on any atom is 0.136 e. The Bertz CT molecular complexity index is 1270. The van der Waals surface area contributed by atoms with Crippen LogP contribution in [0.25, 0.3) is 0 Å². The lowest BCUT2D eigenvalue weighted by molar-refractivity contribution is 0.260. The summed E-state index contributed by atoms with van der Waals surface area (Å²) in [5.41, 5.74) is 2.23. The molecule has 36 heavy (non-hydrogen) atoms. The molecule has 2 heterocycles. The number of hydrogen-bond donors (Lipinski definition) is 1. The molecule has 0 saturated carbocycles. The lowest BCUT2D eigenvalue weighted by Gasteiger charge is -2.35. The van der Waals surface area contributed by atoms with E-state index in [1.165, 1.54) is 5.56 Å². The lowest BCUT2D eigenvalue weighted by atomic mass is 10.1. The number of anilines is 3.